The van der Waals surface area contributed by atoms with E-state index < -0.39 is 0 Å². The smallest absolute Gasteiger partial charge is 0.122 e. The summed E-state index contributed by atoms with van der Waals surface area (Å²) in [6.07, 6.45) is 5.05. The van der Waals surface area contributed by atoms with E-state index in [4.69, 9.17) is 10.5 Å². The summed E-state index contributed by atoms with van der Waals surface area (Å²) in [7, 11) is 1.74. The predicted molar refractivity (Wildman–Crippen MR) is 71.4 cm³/mol. The van der Waals surface area contributed by atoms with Crippen LogP contribution in [0.4, 0.5) is 0 Å². The maximum absolute atomic E-state index is 6.03. The summed E-state index contributed by atoms with van der Waals surface area (Å²) in [6, 6.07) is 8.32. The molecule has 2 N–H and O–H groups in total. The first kappa shape index (κ1) is 12.4. The van der Waals surface area contributed by atoms with Crippen molar-refractivity contribution in [1.29, 1.82) is 0 Å². The largest absolute Gasteiger partial charge is 0.496 e. The summed E-state index contributed by atoms with van der Waals surface area (Å²) in [6.45, 7) is 2.99. The summed E-state index contributed by atoms with van der Waals surface area (Å²) in [4.78, 5) is 0. The molecule has 0 aromatic heterocycles. The van der Waals surface area contributed by atoms with Gasteiger partial charge in [0.15, 0.2) is 0 Å². The zero-order valence-electron chi connectivity index (χ0n) is 10.9. The minimum atomic E-state index is 0.173. The Morgan fingerprint density at radius 3 is 2.65 bits per heavy atom. The van der Waals surface area contributed by atoms with Crippen molar-refractivity contribution in [3.8, 4) is 5.75 Å². The van der Waals surface area contributed by atoms with E-state index in [-0.39, 0.29) is 5.41 Å². The lowest BCUT2D eigenvalue weighted by molar-refractivity contribution is 0.135. The fourth-order valence-corrected chi connectivity index (χ4v) is 3.24. The van der Waals surface area contributed by atoms with Gasteiger partial charge in [-0.15, -0.1) is 0 Å². The van der Waals surface area contributed by atoms with Gasteiger partial charge < -0.3 is 10.5 Å². The molecule has 2 rings (SSSR count). The number of nitrogens with two attached hydrogens (primary N) is 1. The zero-order valence-corrected chi connectivity index (χ0v) is 10.9. The summed E-state index contributed by atoms with van der Waals surface area (Å²) in [5.41, 5.74) is 7.50. The van der Waals surface area contributed by atoms with E-state index in [1.165, 1.54) is 31.2 Å². The highest BCUT2D eigenvalue weighted by molar-refractivity contribution is 5.42. The van der Waals surface area contributed by atoms with Crippen LogP contribution in [0.1, 0.15) is 38.2 Å². The molecule has 1 aromatic rings. The highest BCUT2D eigenvalue weighted by atomic mass is 16.5. The molecule has 2 nitrogen and oxygen atoms in total. The van der Waals surface area contributed by atoms with Gasteiger partial charge >= 0.3 is 0 Å². The van der Waals surface area contributed by atoms with E-state index in [1.54, 1.807) is 7.11 Å². The van der Waals surface area contributed by atoms with Crippen LogP contribution < -0.4 is 10.5 Å². The van der Waals surface area contributed by atoms with Gasteiger partial charge in [0.05, 0.1) is 7.11 Å². The molecule has 1 saturated carbocycles. The van der Waals surface area contributed by atoms with Crippen molar-refractivity contribution < 1.29 is 4.74 Å². The molecule has 0 aliphatic heterocycles. The summed E-state index contributed by atoms with van der Waals surface area (Å²) >= 11 is 0. The maximum Gasteiger partial charge on any atom is 0.122 e. The normalized spacial score (nSPS) is 27.6. The van der Waals surface area contributed by atoms with Crippen molar-refractivity contribution in [2.45, 2.75) is 38.0 Å². The second kappa shape index (κ2) is 5.09. The number of para-hydroxylation sites is 1. The quantitative estimate of drug-likeness (QED) is 0.848. The van der Waals surface area contributed by atoms with Gasteiger partial charge in [-0.05, 0) is 24.8 Å². The molecule has 1 fully saturated rings. The number of benzene rings is 1. The summed E-state index contributed by atoms with van der Waals surface area (Å²) < 4.78 is 5.47. The number of methoxy groups -OCH3 is 1. The molecular weight excluding hydrogens is 210 g/mol. The first-order valence-electron chi connectivity index (χ1n) is 6.59. The average molecular weight is 233 g/mol. The first-order chi connectivity index (χ1) is 8.25. The minimum Gasteiger partial charge on any atom is -0.496 e. The van der Waals surface area contributed by atoms with Crippen molar-refractivity contribution >= 4 is 0 Å². The highest BCUT2D eigenvalue weighted by Crippen LogP contribution is 2.51. The monoisotopic (exact) mass is 233 g/mol. The van der Waals surface area contributed by atoms with E-state index in [0.717, 1.165) is 18.2 Å². The van der Waals surface area contributed by atoms with E-state index in [9.17, 15) is 0 Å². The highest BCUT2D eigenvalue weighted by Gasteiger charge is 2.45. The SMILES string of the molecule is CCCC1CC(CN)(c2ccccc2OC)C1. The Morgan fingerprint density at radius 1 is 1.35 bits per heavy atom. The fourth-order valence-electron chi connectivity index (χ4n) is 3.24. The summed E-state index contributed by atoms with van der Waals surface area (Å²) in [5.74, 6) is 1.85. The van der Waals surface area contributed by atoms with Crippen LogP contribution in [0.3, 0.4) is 0 Å². The van der Waals surface area contributed by atoms with Crippen LogP contribution in [0.25, 0.3) is 0 Å². The van der Waals surface area contributed by atoms with Crippen molar-refractivity contribution in [3.63, 3.8) is 0 Å². The Hall–Kier alpha value is -1.02. The lowest BCUT2D eigenvalue weighted by Gasteiger charge is -2.48. The zero-order chi connectivity index (χ0) is 12.3. The molecular formula is C15H23NO. The van der Waals surface area contributed by atoms with E-state index in [2.05, 4.69) is 19.1 Å². The molecule has 0 radical (unpaired) electrons. The van der Waals surface area contributed by atoms with Gasteiger partial charge in [0.2, 0.25) is 0 Å². The second-order valence-electron chi connectivity index (χ2n) is 5.25. The molecule has 0 amide bonds. The third-order valence-electron chi connectivity index (χ3n) is 4.12. The van der Waals surface area contributed by atoms with E-state index in [0.29, 0.717) is 0 Å². The third-order valence-corrected chi connectivity index (χ3v) is 4.12. The molecule has 94 valence electrons. The molecule has 17 heavy (non-hydrogen) atoms. The van der Waals surface area contributed by atoms with Crippen LogP contribution in [0, 0.1) is 5.92 Å². The lowest BCUT2D eigenvalue weighted by Crippen LogP contribution is -2.47. The molecule has 0 heterocycles. The number of ether oxygens (including phenoxy) is 1. The fraction of sp³-hybridized carbons (Fsp3) is 0.600. The minimum absolute atomic E-state index is 0.173. The van der Waals surface area contributed by atoms with Crippen molar-refractivity contribution in [2.24, 2.45) is 11.7 Å². The molecule has 0 saturated heterocycles. The Labute approximate surface area is 104 Å². The van der Waals surface area contributed by atoms with Gasteiger partial charge in [-0.3, -0.25) is 0 Å². The van der Waals surface area contributed by atoms with Crippen LogP contribution in [-0.2, 0) is 5.41 Å². The van der Waals surface area contributed by atoms with Gasteiger partial charge in [0, 0.05) is 17.5 Å². The van der Waals surface area contributed by atoms with Gasteiger partial charge in [-0.25, -0.2) is 0 Å². The predicted octanol–water partition coefficient (Wildman–Crippen LogP) is 3.10. The molecule has 0 spiro atoms. The molecule has 2 heteroatoms. The van der Waals surface area contributed by atoms with Crippen LogP contribution in [0.5, 0.6) is 5.75 Å². The van der Waals surface area contributed by atoms with Crippen molar-refractivity contribution in [3.05, 3.63) is 29.8 Å². The van der Waals surface area contributed by atoms with Crippen LogP contribution in [0.15, 0.2) is 24.3 Å². The summed E-state index contributed by atoms with van der Waals surface area (Å²) in [5, 5.41) is 0. The van der Waals surface area contributed by atoms with Gasteiger partial charge in [-0.2, -0.15) is 0 Å². The van der Waals surface area contributed by atoms with Gasteiger partial charge in [-0.1, -0.05) is 38.0 Å². The molecule has 1 aromatic carbocycles. The topological polar surface area (TPSA) is 35.2 Å². The third kappa shape index (κ3) is 2.19. The molecule has 0 atom stereocenters. The van der Waals surface area contributed by atoms with Crippen molar-refractivity contribution in [2.75, 3.05) is 13.7 Å². The first-order valence-corrected chi connectivity index (χ1v) is 6.59. The maximum atomic E-state index is 6.03. The molecule has 0 unspecified atom stereocenters. The van der Waals surface area contributed by atoms with Crippen LogP contribution in [-0.4, -0.2) is 13.7 Å². The Balaban J connectivity index is 2.19. The van der Waals surface area contributed by atoms with E-state index in [1.807, 2.05) is 12.1 Å². The number of hydrogen-bond acceptors (Lipinski definition) is 2. The molecule has 0 bridgehead atoms. The standard InChI is InChI=1S/C15H23NO/c1-3-6-12-9-15(10-12,11-16)13-7-4-5-8-14(13)17-2/h4-5,7-8,12H,3,6,9-11,16H2,1-2H3. The second-order valence-corrected chi connectivity index (χ2v) is 5.25. The van der Waals surface area contributed by atoms with Crippen molar-refractivity contribution in [1.82, 2.24) is 0 Å². The average Bonchev–Trinajstić information content (AvgIpc) is 2.33. The molecule has 1 aliphatic carbocycles. The van der Waals surface area contributed by atoms with Crippen LogP contribution >= 0.6 is 0 Å². The van der Waals surface area contributed by atoms with Crippen LogP contribution in [0.2, 0.25) is 0 Å². The van der Waals surface area contributed by atoms with E-state index >= 15 is 0 Å². The Kier molecular flexibility index (Phi) is 3.72. The lowest BCUT2D eigenvalue weighted by atomic mass is 9.57. The Bertz CT molecular complexity index is 369. The Morgan fingerprint density at radius 2 is 2.06 bits per heavy atom. The van der Waals surface area contributed by atoms with Gasteiger partial charge in [0.1, 0.15) is 5.75 Å². The number of hydrogen-bond donors (Lipinski definition) is 1. The number of rotatable bonds is 5. The van der Waals surface area contributed by atoms with Gasteiger partial charge in [0.25, 0.3) is 0 Å². The molecule has 1 aliphatic rings.